The Hall–Kier alpha value is -4.70. The van der Waals surface area contributed by atoms with Crippen molar-refractivity contribution in [2.45, 2.75) is 56.5 Å². The lowest BCUT2D eigenvalue weighted by atomic mass is 9.92. The highest BCUT2D eigenvalue weighted by Gasteiger charge is 2.35. The monoisotopic (exact) mass is 619 g/mol. The first-order valence-corrected chi connectivity index (χ1v) is 14.5. The number of aryl methyl sites for hydroxylation is 1. The van der Waals surface area contributed by atoms with Crippen LogP contribution in [0.5, 0.6) is 11.9 Å². The number of benzene rings is 1. The highest BCUT2D eigenvalue weighted by atomic mass is 16.7. The third kappa shape index (κ3) is 7.34. The fourth-order valence-corrected chi connectivity index (χ4v) is 5.09. The first kappa shape index (κ1) is 30.3. The van der Waals surface area contributed by atoms with Gasteiger partial charge in [0.25, 0.3) is 0 Å². The van der Waals surface area contributed by atoms with Crippen molar-refractivity contribution in [2.24, 2.45) is 7.05 Å². The summed E-state index contributed by atoms with van der Waals surface area (Å²) in [6.07, 6.45) is 7.02. The Balaban J connectivity index is 1.15. The zero-order valence-corrected chi connectivity index (χ0v) is 24.5. The minimum absolute atomic E-state index is 0.0446. The Morgan fingerprint density at radius 1 is 0.956 bits per heavy atom. The van der Waals surface area contributed by atoms with E-state index >= 15 is 0 Å². The van der Waals surface area contributed by atoms with Gasteiger partial charge in [-0.05, 0) is 37.3 Å². The van der Waals surface area contributed by atoms with Gasteiger partial charge in [0.2, 0.25) is 5.88 Å². The molecule has 1 amide bonds. The smallest absolute Gasteiger partial charge is 0.416 e. The van der Waals surface area contributed by atoms with Gasteiger partial charge >= 0.3 is 18.1 Å². The van der Waals surface area contributed by atoms with Crippen molar-refractivity contribution >= 4 is 11.9 Å². The number of hydrogen-bond acceptors (Lipinski definition) is 13. The van der Waals surface area contributed by atoms with E-state index in [1.807, 2.05) is 49.6 Å². The molecular weight excluding hydrogens is 586 g/mol. The number of aliphatic hydroxyl groups is 3. The van der Waals surface area contributed by atoms with E-state index in [1.54, 1.807) is 17.1 Å². The van der Waals surface area contributed by atoms with Gasteiger partial charge in [-0.3, -0.25) is 9.58 Å². The van der Waals surface area contributed by atoms with Gasteiger partial charge in [0.1, 0.15) is 35.8 Å². The van der Waals surface area contributed by atoms with E-state index in [0.29, 0.717) is 56.1 Å². The van der Waals surface area contributed by atoms with Crippen molar-refractivity contribution < 1.29 is 39.1 Å². The molecule has 6 rings (SSSR count). The Bertz CT molecular complexity index is 1580. The average Bonchev–Trinajstić information content (AvgIpc) is 3.45. The van der Waals surface area contributed by atoms with E-state index in [0.717, 1.165) is 11.8 Å². The van der Waals surface area contributed by atoms with E-state index in [4.69, 9.17) is 18.9 Å². The Morgan fingerprint density at radius 3 is 2.36 bits per heavy atom. The normalized spacial score (nSPS) is 18.6. The van der Waals surface area contributed by atoms with Gasteiger partial charge in [-0.15, -0.1) is 0 Å². The number of hydrogen-bond donors (Lipinski definition) is 3. The van der Waals surface area contributed by atoms with Gasteiger partial charge in [0.05, 0.1) is 25.6 Å². The average molecular weight is 620 g/mol. The number of anilines is 1. The molecule has 0 radical (unpaired) electrons. The van der Waals surface area contributed by atoms with Crippen molar-refractivity contribution in [3.63, 3.8) is 0 Å². The molecule has 1 aliphatic heterocycles. The van der Waals surface area contributed by atoms with Crippen molar-refractivity contribution in [1.82, 2.24) is 29.7 Å². The van der Waals surface area contributed by atoms with Crippen LogP contribution in [-0.2, 0) is 29.1 Å². The summed E-state index contributed by atoms with van der Waals surface area (Å²) < 4.78 is 24.1. The molecular formula is C30H33N7O8. The quantitative estimate of drug-likeness (QED) is 0.219. The summed E-state index contributed by atoms with van der Waals surface area (Å²) in [7, 11) is 1.82. The Kier molecular flexibility index (Phi) is 8.84. The maximum atomic E-state index is 13.5. The summed E-state index contributed by atoms with van der Waals surface area (Å²) in [5.74, 6) is -3.04. The van der Waals surface area contributed by atoms with Crippen LogP contribution in [0.2, 0.25) is 0 Å². The van der Waals surface area contributed by atoms with Gasteiger partial charge in [0.15, 0.2) is 5.82 Å². The molecule has 3 N–H and O–H groups in total. The van der Waals surface area contributed by atoms with Gasteiger partial charge < -0.3 is 34.3 Å². The lowest BCUT2D eigenvalue weighted by Gasteiger charge is -2.35. The number of aromatic nitrogens is 6. The standard InChI is InChI=1S/C30H33N7O8/c1-36-12-11-24(35-36)25-14-32-26(15-31-25)37(29(38)43-16-19-5-3-2-4-6-19)20-7-9-21(10-8-20)45-28-33-13-23(30(39,40)41)27(34-28)44-22-17-42-18-22/h2-6,11-15,20-22,39-41H,7-10,16-18H2,1H3/t20-,21-. The van der Waals surface area contributed by atoms with Crippen LogP contribution in [0.15, 0.2) is 61.2 Å². The lowest BCUT2D eigenvalue weighted by Crippen LogP contribution is -2.44. The van der Waals surface area contributed by atoms with Crippen LogP contribution in [-0.4, -0.2) is 82.6 Å². The predicted octanol–water partition coefficient (Wildman–Crippen LogP) is 2.07. The minimum atomic E-state index is -3.19. The molecule has 1 aromatic carbocycles. The van der Waals surface area contributed by atoms with Crippen LogP contribution in [0.4, 0.5) is 10.6 Å². The van der Waals surface area contributed by atoms with E-state index in [2.05, 4.69) is 25.0 Å². The SMILES string of the molecule is Cn1ccc(-c2cnc(N(C(=O)OCc3ccccc3)[C@H]3CC[C@H](Oc4ncc(C(O)(O)O)c(OC5COC5)n4)CC3)cn2)n1. The molecule has 0 atom stereocenters. The van der Waals surface area contributed by atoms with Gasteiger partial charge in [-0.2, -0.15) is 10.1 Å². The van der Waals surface area contributed by atoms with Crippen LogP contribution in [0.25, 0.3) is 11.4 Å². The van der Waals surface area contributed by atoms with Gasteiger partial charge in [-0.1, -0.05) is 30.3 Å². The van der Waals surface area contributed by atoms with E-state index in [9.17, 15) is 20.1 Å². The lowest BCUT2D eigenvalue weighted by molar-refractivity contribution is -0.325. The predicted molar refractivity (Wildman–Crippen MR) is 156 cm³/mol. The topological polar surface area (TPSA) is 187 Å². The summed E-state index contributed by atoms with van der Waals surface area (Å²) in [6, 6.07) is 11.0. The molecule has 0 bridgehead atoms. The molecule has 2 aliphatic rings. The molecule has 4 heterocycles. The van der Waals surface area contributed by atoms with E-state index < -0.39 is 17.6 Å². The number of ether oxygens (including phenoxy) is 4. The van der Waals surface area contributed by atoms with Crippen LogP contribution in [0.3, 0.4) is 0 Å². The number of carbonyl (C=O) groups excluding carboxylic acids is 1. The zero-order chi connectivity index (χ0) is 31.4. The van der Waals surface area contributed by atoms with Crippen LogP contribution < -0.4 is 14.4 Å². The first-order chi connectivity index (χ1) is 21.7. The molecule has 1 saturated carbocycles. The van der Waals surface area contributed by atoms with Gasteiger partial charge in [0, 0.05) is 25.5 Å². The first-order valence-electron chi connectivity index (χ1n) is 14.5. The fraction of sp³-hybridized carbons (Fsp3) is 0.400. The van der Waals surface area contributed by atoms with Crippen LogP contribution in [0, 0.1) is 0 Å². The Morgan fingerprint density at radius 2 is 1.73 bits per heavy atom. The largest absolute Gasteiger partial charge is 0.469 e. The van der Waals surface area contributed by atoms with E-state index in [1.165, 1.54) is 4.90 Å². The summed E-state index contributed by atoms with van der Waals surface area (Å²) >= 11 is 0. The minimum Gasteiger partial charge on any atom is -0.469 e. The molecule has 2 fully saturated rings. The summed E-state index contributed by atoms with van der Waals surface area (Å²) in [4.78, 5) is 32.3. The highest BCUT2D eigenvalue weighted by molar-refractivity contribution is 5.87. The zero-order valence-electron chi connectivity index (χ0n) is 24.5. The molecule has 0 unspecified atom stereocenters. The maximum absolute atomic E-state index is 13.5. The molecule has 4 aromatic rings. The third-order valence-electron chi connectivity index (χ3n) is 7.52. The fourth-order valence-electron chi connectivity index (χ4n) is 5.09. The number of rotatable bonds is 10. The number of amides is 1. The van der Waals surface area contributed by atoms with Crippen LogP contribution >= 0.6 is 0 Å². The molecule has 1 saturated heterocycles. The molecule has 15 nitrogen and oxygen atoms in total. The summed E-state index contributed by atoms with van der Waals surface area (Å²) in [5.41, 5.74) is 1.69. The number of carbonyl (C=O) groups is 1. The van der Waals surface area contributed by atoms with Crippen molar-refractivity contribution in [3.8, 4) is 23.3 Å². The summed E-state index contributed by atoms with van der Waals surface area (Å²) in [5, 5.41) is 33.5. The summed E-state index contributed by atoms with van der Waals surface area (Å²) in [6.45, 7) is 0.717. The number of nitrogens with zero attached hydrogens (tertiary/aromatic N) is 7. The molecule has 15 heteroatoms. The van der Waals surface area contributed by atoms with Crippen molar-refractivity contribution in [3.05, 3.63) is 72.3 Å². The van der Waals surface area contributed by atoms with Crippen LogP contribution in [0.1, 0.15) is 36.8 Å². The third-order valence-corrected chi connectivity index (χ3v) is 7.52. The maximum Gasteiger partial charge on any atom is 0.416 e. The molecule has 0 spiro atoms. The second-order valence-electron chi connectivity index (χ2n) is 10.9. The van der Waals surface area contributed by atoms with Gasteiger partial charge in [-0.25, -0.2) is 19.7 Å². The van der Waals surface area contributed by atoms with Crippen molar-refractivity contribution in [1.29, 1.82) is 0 Å². The molecule has 3 aromatic heterocycles. The molecule has 236 valence electrons. The molecule has 1 aliphatic carbocycles. The van der Waals surface area contributed by atoms with E-state index in [-0.39, 0.29) is 36.7 Å². The Labute approximate surface area is 258 Å². The second kappa shape index (κ2) is 13.1. The van der Waals surface area contributed by atoms with Crippen molar-refractivity contribution in [2.75, 3.05) is 18.1 Å². The highest BCUT2D eigenvalue weighted by Crippen LogP contribution is 2.32. The second-order valence-corrected chi connectivity index (χ2v) is 10.9. The molecule has 45 heavy (non-hydrogen) atoms.